The smallest absolute Gasteiger partial charge is 0.116 e. The second-order valence-electron chi connectivity index (χ2n) is 8.08. The number of morpholine rings is 1. The van der Waals surface area contributed by atoms with Gasteiger partial charge in [-0.2, -0.15) is 0 Å². The summed E-state index contributed by atoms with van der Waals surface area (Å²) >= 11 is 0. The first-order chi connectivity index (χ1) is 15.2. The van der Waals surface area contributed by atoms with Crippen molar-refractivity contribution < 1.29 is 4.74 Å². The summed E-state index contributed by atoms with van der Waals surface area (Å²) in [4.78, 5) is 2.33. The van der Waals surface area contributed by atoms with Gasteiger partial charge in [-0.3, -0.25) is 0 Å². The van der Waals surface area contributed by atoms with Gasteiger partial charge in [0.15, 0.2) is 0 Å². The Morgan fingerprint density at radius 1 is 1.00 bits per heavy atom. The standard InChI is InChI=1S/C26H28N4O/c1-18-6-5-9-23(28-21-7-3-2-4-8-21)25(18)19-10-11-22-20(16-19)17-24(26(27)29-22)30-12-14-31-15-13-30/h2-11,16-17,26,28-29H,12-15,27H2,1H3. The largest absolute Gasteiger partial charge is 0.378 e. The lowest BCUT2D eigenvalue weighted by atomic mass is 9.94. The minimum absolute atomic E-state index is 0.204. The third-order valence-electron chi connectivity index (χ3n) is 5.98. The van der Waals surface area contributed by atoms with Crippen LogP contribution < -0.4 is 16.4 Å². The molecule has 2 aliphatic heterocycles. The number of aryl methyl sites for hydroxylation is 1. The van der Waals surface area contributed by atoms with Crippen LogP contribution in [-0.4, -0.2) is 37.4 Å². The van der Waals surface area contributed by atoms with Crippen molar-refractivity contribution in [2.45, 2.75) is 13.1 Å². The molecule has 1 atom stereocenters. The van der Waals surface area contributed by atoms with Crippen molar-refractivity contribution in [3.8, 4) is 11.1 Å². The molecule has 0 saturated carbocycles. The van der Waals surface area contributed by atoms with Gasteiger partial charge in [0.05, 0.1) is 18.9 Å². The average Bonchev–Trinajstić information content (AvgIpc) is 2.80. The van der Waals surface area contributed by atoms with Gasteiger partial charge in [-0.05, 0) is 54.5 Å². The number of fused-ring (bicyclic) bond motifs is 1. The van der Waals surface area contributed by atoms with Crippen LogP contribution >= 0.6 is 0 Å². The maximum absolute atomic E-state index is 6.44. The molecule has 1 unspecified atom stereocenters. The van der Waals surface area contributed by atoms with Crippen LogP contribution in [0.5, 0.6) is 0 Å². The molecule has 1 fully saturated rings. The molecule has 0 spiro atoms. The van der Waals surface area contributed by atoms with Gasteiger partial charge in [0.1, 0.15) is 6.17 Å². The molecule has 5 heteroatoms. The van der Waals surface area contributed by atoms with E-state index in [0.717, 1.165) is 54.6 Å². The van der Waals surface area contributed by atoms with Crippen molar-refractivity contribution in [2.24, 2.45) is 5.73 Å². The van der Waals surface area contributed by atoms with E-state index in [4.69, 9.17) is 10.5 Å². The van der Waals surface area contributed by atoms with Crippen LogP contribution in [0.25, 0.3) is 17.2 Å². The molecule has 4 N–H and O–H groups in total. The molecule has 0 bridgehead atoms. The molecule has 158 valence electrons. The Bertz CT molecular complexity index is 1100. The van der Waals surface area contributed by atoms with Crippen molar-refractivity contribution in [3.05, 3.63) is 83.6 Å². The third kappa shape index (κ3) is 4.02. The van der Waals surface area contributed by atoms with Crippen LogP contribution in [0.4, 0.5) is 17.1 Å². The number of hydrogen-bond acceptors (Lipinski definition) is 5. The number of rotatable bonds is 4. The maximum Gasteiger partial charge on any atom is 0.116 e. The van der Waals surface area contributed by atoms with Crippen LogP contribution in [0.1, 0.15) is 11.1 Å². The Morgan fingerprint density at radius 3 is 2.61 bits per heavy atom. The predicted molar refractivity (Wildman–Crippen MR) is 128 cm³/mol. The molecule has 0 radical (unpaired) electrons. The van der Waals surface area contributed by atoms with Gasteiger partial charge in [0.25, 0.3) is 0 Å². The molecule has 0 aromatic heterocycles. The summed E-state index contributed by atoms with van der Waals surface area (Å²) < 4.78 is 5.51. The number of nitrogens with two attached hydrogens (primary N) is 1. The average molecular weight is 413 g/mol. The van der Waals surface area contributed by atoms with E-state index >= 15 is 0 Å². The minimum atomic E-state index is -0.204. The van der Waals surface area contributed by atoms with Crippen LogP contribution in [0.15, 0.2) is 72.4 Å². The van der Waals surface area contributed by atoms with Gasteiger partial charge in [0.2, 0.25) is 0 Å². The Kier molecular flexibility index (Phi) is 5.37. The van der Waals surface area contributed by atoms with Crippen molar-refractivity contribution >= 4 is 23.1 Å². The first kappa shape index (κ1) is 19.7. The van der Waals surface area contributed by atoms with Gasteiger partial charge in [0, 0.05) is 41.3 Å². The molecular formula is C26H28N4O. The Labute approximate surface area is 183 Å². The zero-order valence-corrected chi connectivity index (χ0v) is 17.8. The van der Waals surface area contributed by atoms with Crippen LogP contribution in [0, 0.1) is 6.92 Å². The van der Waals surface area contributed by atoms with Crippen LogP contribution in [-0.2, 0) is 4.74 Å². The molecule has 2 aliphatic rings. The molecule has 0 amide bonds. The minimum Gasteiger partial charge on any atom is -0.378 e. The summed E-state index contributed by atoms with van der Waals surface area (Å²) in [6.45, 7) is 5.40. The second kappa shape index (κ2) is 8.46. The van der Waals surface area contributed by atoms with Gasteiger partial charge in [-0.25, -0.2) is 0 Å². The number of para-hydroxylation sites is 1. The number of anilines is 3. The molecule has 3 aromatic carbocycles. The Hall–Kier alpha value is -3.28. The monoisotopic (exact) mass is 412 g/mol. The first-order valence-electron chi connectivity index (χ1n) is 10.8. The summed E-state index contributed by atoms with van der Waals surface area (Å²) in [7, 11) is 0. The molecule has 31 heavy (non-hydrogen) atoms. The summed E-state index contributed by atoms with van der Waals surface area (Å²) in [5.74, 6) is 0. The number of ether oxygens (including phenoxy) is 1. The molecule has 2 heterocycles. The van der Waals surface area contributed by atoms with Crippen LogP contribution in [0.2, 0.25) is 0 Å². The molecule has 5 rings (SSSR count). The normalized spacial score (nSPS) is 18.1. The van der Waals surface area contributed by atoms with E-state index < -0.39 is 0 Å². The van der Waals surface area contributed by atoms with Gasteiger partial charge in [-0.1, -0.05) is 36.4 Å². The number of nitrogens with one attached hydrogen (secondary N) is 2. The highest BCUT2D eigenvalue weighted by molar-refractivity contribution is 5.87. The topological polar surface area (TPSA) is 62.5 Å². The van der Waals surface area contributed by atoms with Crippen molar-refractivity contribution in [2.75, 3.05) is 36.9 Å². The van der Waals surface area contributed by atoms with Gasteiger partial charge < -0.3 is 26.0 Å². The van der Waals surface area contributed by atoms with Crippen molar-refractivity contribution in [3.63, 3.8) is 0 Å². The quantitative estimate of drug-likeness (QED) is 0.575. The second-order valence-corrected chi connectivity index (χ2v) is 8.08. The van der Waals surface area contributed by atoms with E-state index in [1.54, 1.807) is 0 Å². The molecular weight excluding hydrogens is 384 g/mol. The molecule has 3 aromatic rings. The van der Waals surface area contributed by atoms with Crippen LogP contribution in [0.3, 0.4) is 0 Å². The Morgan fingerprint density at radius 2 is 1.81 bits per heavy atom. The fourth-order valence-electron chi connectivity index (χ4n) is 4.40. The zero-order chi connectivity index (χ0) is 21.2. The molecule has 1 saturated heterocycles. The molecule has 5 nitrogen and oxygen atoms in total. The van der Waals surface area contributed by atoms with Crippen molar-refractivity contribution in [1.82, 2.24) is 4.90 Å². The summed E-state index contributed by atoms with van der Waals surface area (Å²) in [5, 5.41) is 7.05. The lowest BCUT2D eigenvalue weighted by Gasteiger charge is -2.36. The summed E-state index contributed by atoms with van der Waals surface area (Å²) in [5.41, 5.74) is 15.6. The predicted octanol–water partition coefficient (Wildman–Crippen LogP) is 4.79. The van der Waals surface area contributed by atoms with E-state index in [9.17, 15) is 0 Å². The lowest BCUT2D eigenvalue weighted by molar-refractivity contribution is 0.0520. The fraction of sp³-hybridized carbons (Fsp3) is 0.231. The van der Waals surface area contributed by atoms with Crippen molar-refractivity contribution in [1.29, 1.82) is 0 Å². The highest BCUT2D eigenvalue weighted by atomic mass is 16.5. The van der Waals surface area contributed by atoms with Gasteiger partial charge >= 0.3 is 0 Å². The van der Waals surface area contributed by atoms with E-state index in [0.29, 0.717) is 0 Å². The SMILES string of the molecule is Cc1cccc(Nc2ccccc2)c1-c1ccc2c(c1)C=C(N1CCOCC1)C(N)N2. The van der Waals surface area contributed by atoms with Gasteiger partial charge in [-0.15, -0.1) is 0 Å². The Balaban J connectivity index is 1.53. The highest BCUT2D eigenvalue weighted by Crippen LogP contribution is 2.37. The number of hydrogen-bond donors (Lipinski definition) is 3. The van der Waals surface area contributed by atoms with E-state index in [1.165, 1.54) is 16.7 Å². The fourth-order valence-corrected chi connectivity index (χ4v) is 4.40. The van der Waals surface area contributed by atoms with E-state index in [2.05, 4.69) is 77.1 Å². The first-order valence-corrected chi connectivity index (χ1v) is 10.8. The molecule has 0 aliphatic carbocycles. The zero-order valence-electron chi connectivity index (χ0n) is 17.8. The highest BCUT2D eigenvalue weighted by Gasteiger charge is 2.24. The third-order valence-corrected chi connectivity index (χ3v) is 5.98. The van der Waals surface area contributed by atoms with E-state index in [-0.39, 0.29) is 6.17 Å². The summed E-state index contributed by atoms with van der Waals surface area (Å²) in [6, 6.07) is 23.2. The number of nitrogens with zero attached hydrogens (tertiary/aromatic N) is 1. The lowest BCUT2D eigenvalue weighted by Crippen LogP contribution is -2.46. The summed E-state index contributed by atoms with van der Waals surface area (Å²) in [6.07, 6.45) is 2.03. The van der Waals surface area contributed by atoms with E-state index in [1.807, 2.05) is 18.2 Å². The maximum atomic E-state index is 6.44. The number of benzene rings is 3.